The molecule has 0 amide bonds. The van der Waals surface area contributed by atoms with Gasteiger partial charge in [0.25, 0.3) is 0 Å². The van der Waals surface area contributed by atoms with Gasteiger partial charge in [0.05, 0.1) is 5.52 Å². The topological polar surface area (TPSA) is 45.1 Å². The van der Waals surface area contributed by atoms with Gasteiger partial charge in [-0.2, -0.15) is 0 Å². The number of nitrogens with zero attached hydrogens (tertiary/aromatic N) is 1. The smallest absolute Gasteiger partial charge is 0.115 e. The maximum Gasteiger partial charge on any atom is 0.115 e. The van der Waals surface area contributed by atoms with Crippen LogP contribution in [-0.4, -0.2) is 10.1 Å². The molecule has 1 aromatic heterocycles. The molecule has 0 aliphatic heterocycles. The first-order chi connectivity index (χ1) is 12.5. The predicted molar refractivity (Wildman–Crippen MR) is 110 cm³/mol. The highest BCUT2D eigenvalue weighted by molar-refractivity contribution is 6.31. The van der Waals surface area contributed by atoms with Gasteiger partial charge in [-0.25, -0.2) is 0 Å². The van der Waals surface area contributed by atoms with Gasteiger partial charge in [0.2, 0.25) is 0 Å². The number of rotatable bonds is 3. The Bertz CT molecular complexity index is 967. The molecule has 0 unspecified atom stereocenters. The Kier molecular flexibility index (Phi) is 5.59. The van der Waals surface area contributed by atoms with E-state index in [1.807, 2.05) is 24.3 Å². The van der Waals surface area contributed by atoms with Crippen molar-refractivity contribution in [2.45, 2.75) is 19.8 Å². The highest BCUT2D eigenvalue weighted by Gasteiger charge is 2.03. The summed E-state index contributed by atoms with van der Waals surface area (Å²) in [6.45, 7) is 4.34. The van der Waals surface area contributed by atoms with Crippen LogP contribution in [0.15, 0.2) is 72.9 Å². The lowest BCUT2D eigenvalue weighted by Gasteiger charge is -2.10. The normalized spacial score (nSPS) is 10.6. The van der Waals surface area contributed by atoms with E-state index in [0.29, 0.717) is 10.9 Å². The second-order valence-corrected chi connectivity index (χ2v) is 6.81. The standard InChI is InChI=1S/C22H21ClN2O/c1-15(2)16-5-8-18(9-6-16)25-21-12-10-19(26)4-3-13-24-22-14-17(23)7-11-20(21)22/h3-15,25-26H,1-2H3. The zero-order valence-electron chi connectivity index (χ0n) is 14.8. The van der Waals surface area contributed by atoms with Crippen LogP contribution in [0, 0.1) is 0 Å². The summed E-state index contributed by atoms with van der Waals surface area (Å²) >= 11 is 6.14. The predicted octanol–water partition coefficient (Wildman–Crippen LogP) is 6.59. The molecule has 2 N–H and O–H groups in total. The molecule has 0 atom stereocenters. The third kappa shape index (κ3) is 4.44. The molecular formula is C22H21ClN2O. The molecule has 0 bridgehead atoms. The minimum absolute atomic E-state index is 0.156. The number of hydrogen-bond acceptors (Lipinski definition) is 3. The molecule has 3 nitrogen and oxygen atoms in total. The van der Waals surface area contributed by atoms with Crippen LogP contribution in [0.2, 0.25) is 5.02 Å². The van der Waals surface area contributed by atoms with Crippen molar-refractivity contribution in [1.29, 1.82) is 0 Å². The van der Waals surface area contributed by atoms with Crippen LogP contribution in [0.5, 0.6) is 5.75 Å². The highest BCUT2D eigenvalue weighted by atomic mass is 35.5. The van der Waals surface area contributed by atoms with Crippen molar-refractivity contribution in [1.82, 2.24) is 4.98 Å². The first kappa shape index (κ1) is 18.0. The fourth-order valence-electron chi connectivity index (χ4n) is 2.63. The number of fused-ring (bicyclic) bond motifs is 1. The van der Waals surface area contributed by atoms with E-state index in [9.17, 15) is 5.11 Å². The van der Waals surface area contributed by atoms with Crippen molar-refractivity contribution in [3.8, 4) is 5.75 Å². The molecule has 132 valence electrons. The van der Waals surface area contributed by atoms with Gasteiger partial charge in [-0.05, 0) is 66.1 Å². The average Bonchev–Trinajstić information content (AvgIpc) is 2.62. The van der Waals surface area contributed by atoms with Crippen LogP contribution in [0.3, 0.4) is 0 Å². The van der Waals surface area contributed by atoms with Gasteiger partial charge in [-0.1, -0.05) is 37.6 Å². The van der Waals surface area contributed by atoms with Crippen molar-refractivity contribution < 1.29 is 5.11 Å². The Morgan fingerprint density at radius 2 is 1.73 bits per heavy atom. The van der Waals surface area contributed by atoms with Gasteiger partial charge in [-0.15, -0.1) is 0 Å². The number of nitrogens with one attached hydrogen (secondary N) is 1. The van der Waals surface area contributed by atoms with E-state index in [1.54, 1.807) is 24.4 Å². The first-order valence-electron chi connectivity index (χ1n) is 8.51. The molecule has 0 saturated carbocycles. The summed E-state index contributed by atoms with van der Waals surface area (Å²) in [5.41, 5.74) is 3.84. The lowest BCUT2D eigenvalue weighted by Crippen LogP contribution is -1.92. The molecule has 0 aliphatic rings. The van der Waals surface area contributed by atoms with E-state index in [1.165, 1.54) is 5.56 Å². The Balaban J connectivity index is 2.14. The Morgan fingerprint density at radius 3 is 2.46 bits per heavy atom. The molecular weight excluding hydrogens is 344 g/mol. The summed E-state index contributed by atoms with van der Waals surface area (Å²) < 4.78 is 0. The molecule has 0 saturated heterocycles. The second-order valence-electron chi connectivity index (χ2n) is 6.37. The summed E-state index contributed by atoms with van der Waals surface area (Å²) in [5.74, 6) is 0.643. The molecule has 0 fully saturated rings. The minimum Gasteiger partial charge on any atom is -0.508 e. The number of halogens is 1. The number of benzene rings is 2. The van der Waals surface area contributed by atoms with Gasteiger partial charge < -0.3 is 10.4 Å². The highest BCUT2D eigenvalue weighted by Crippen LogP contribution is 2.27. The molecule has 0 spiro atoms. The van der Waals surface area contributed by atoms with Crippen molar-refractivity contribution in [2.24, 2.45) is 0 Å². The van der Waals surface area contributed by atoms with Crippen LogP contribution < -0.4 is 5.32 Å². The third-order valence-electron chi connectivity index (χ3n) is 4.09. The van der Waals surface area contributed by atoms with E-state index < -0.39 is 0 Å². The summed E-state index contributed by atoms with van der Waals surface area (Å²) in [6.07, 6.45) is 1.64. The lowest BCUT2D eigenvalue weighted by atomic mass is 10.0. The zero-order valence-corrected chi connectivity index (χ0v) is 15.5. The van der Waals surface area contributed by atoms with Gasteiger partial charge in [0.15, 0.2) is 0 Å². The van der Waals surface area contributed by atoms with Gasteiger partial charge in [-0.3, -0.25) is 4.98 Å². The van der Waals surface area contributed by atoms with E-state index in [-0.39, 0.29) is 5.75 Å². The van der Waals surface area contributed by atoms with Crippen LogP contribution in [0.4, 0.5) is 11.4 Å². The molecule has 4 heteroatoms. The monoisotopic (exact) mass is 364 g/mol. The van der Waals surface area contributed by atoms with Crippen LogP contribution >= 0.6 is 11.6 Å². The molecule has 2 aromatic carbocycles. The molecule has 3 aromatic rings. The summed E-state index contributed by atoms with van der Waals surface area (Å²) in [5, 5.41) is 14.9. The average molecular weight is 365 g/mol. The summed E-state index contributed by atoms with van der Waals surface area (Å²) in [4.78, 5) is 4.46. The Morgan fingerprint density at radius 1 is 0.962 bits per heavy atom. The lowest BCUT2D eigenvalue weighted by molar-refractivity contribution is 0.476. The zero-order chi connectivity index (χ0) is 18.5. The number of anilines is 2. The molecule has 3 rings (SSSR count). The maximum atomic E-state index is 9.92. The van der Waals surface area contributed by atoms with Crippen LogP contribution in [0.25, 0.3) is 10.9 Å². The van der Waals surface area contributed by atoms with Crippen molar-refractivity contribution >= 4 is 33.9 Å². The van der Waals surface area contributed by atoms with Crippen LogP contribution in [0.1, 0.15) is 25.3 Å². The van der Waals surface area contributed by atoms with E-state index in [4.69, 9.17) is 11.6 Å². The molecule has 0 aliphatic carbocycles. The van der Waals surface area contributed by atoms with Gasteiger partial charge in [0, 0.05) is 28.0 Å². The van der Waals surface area contributed by atoms with Gasteiger partial charge >= 0.3 is 0 Å². The quantitative estimate of drug-likeness (QED) is 0.551. The molecule has 26 heavy (non-hydrogen) atoms. The van der Waals surface area contributed by atoms with E-state index in [2.05, 4.69) is 48.4 Å². The van der Waals surface area contributed by atoms with Gasteiger partial charge in [0.1, 0.15) is 5.75 Å². The third-order valence-corrected chi connectivity index (χ3v) is 4.33. The number of aromatic hydroxyl groups is 1. The van der Waals surface area contributed by atoms with E-state index >= 15 is 0 Å². The summed E-state index contributed by atoms with van der Waals surface area (Å²) in [6, 6.07) is 20.7. The largest absolute Gasteiger partial charge is 0.508 e. The summed E-state index contributed by atoms with van der Waals surface area (Å²) in [7, 11) is 0. The van der Waals surface area contributed by atoms with Crippen molar-refractivity contribution in [3.63, 3.8) is 0 Å². The van der Waals surface area contributed by atoms with Crippen LogP contribution in [-0.2, 0) is 0 Å². The fraction of sp³-hybridized carbons (Fsp3) is 0.136. The molecule has 0 radical (unpaired) electrons. The molecule has 1 heterocycles. The number of hydrogen-bond donors (Lipinski definition) is 2. The minimum atomic E-state index is 0.156. The van der Waals surface area contributed by atoms with Crippen molar-refractivity contribution in [3.05, 3.63) is 83.5 Å². The maximum absolute atomic E-state index is 9.92. The SMILES string of the molecule is CC(C)c1ccc(Nc2ccc(O)cccnc3cc(Cl)ccc23)cc1. The fourth-order valence-corrected chi connectivity index (χ4v) is 2.80. The second kappa shape index (κ2) is 8.07. The van der Waals surface area contributed by atoms with Crippen molar-refractivity contribution in [2.75, 3.05) is 5.32 Å². The Labute approximate surface area is 158 Å². The first-order valence-corrected chi connectivity index (χ1v) is 8.89. The Hall–Kier alpha value is -2.78. The van der Waals surface area contributed by atoms with E-state index in [0.717, 1.165) is 22.3 Å². The number of aromatic nitrogens is 1.